The molecule has 84 valence electrons. The minimum Gasteiger partial charge on any atom is -0.342 e. The number of hydrogen-bond acceptors (Lipinski definition) is 3. The molecule has 4 nitrogen and oxygen atoms in total. The van der Waals surface area contributed by atoms with Crippen molar-refractivity contribution in [2.75, 3.05) is 18.0 Å². The van der Waals surface area contributed by atoms with Gasteiger partial charge in [-0.2, -0.15) is 5.10 Å². The van der Waals surface area contributed by atoms with Gasteiger partial charge in [-0.1, -0.05) is 11.6 Å². The highest BCUT2D eigenvalue weighted by Crippen LogP contribution is 2.34. The molecule has 1 aliphatic rings. The first kappa shape index (κ1) is 9.77. The van der Waals surface area contributed by atoms with E-state index in [1.54, 1.807) is 6.07 Å². The zero-order chi connectivity index (χ0) is 11.3. The molecule has 0 saturated carbocycles. The van der Waals surface area contributed by atoms with Crippen molar-refractivity contribution in [1.82, 2.24) is 15.2 Å². The lowest BCUT2D eigenvalue weighted by Crippen LogP contribution is -2.56. The Kier molecular flexibility index (Phi) is 1.85. The van der Waals surface area contributed by atoms with Crippen LogP contribution in [0.3, 0.4) is 0 Å². The van der Waals surface area contributed by atoms with Gasteiger partial charge in [-0.15, -0.1) is 0 Å². The van der Waals surface area contributed by atoms with Gasteiger partial charge in [-0.25, -0.2) is 13.8 Å². The third kappa shape index (κ3) is 1.41. The Balaban J connectivity index is 2.00. The average Bonchev–Trinajstić information content (AvgIpc) is 2.56. The van der Waals surface area contributed by atoms with Crippen LogP contribution >= 0.6 is 11.6 Å². The first-order valence-electron chi connectivity index (χ1n) is 4.68. The number of H-pyrrole nitrogens is 1. The lowest BCUT2D eigenvalue weighted by atomic mass is 10.1. The van der Waals surface area contributed by atoms with E-state index in [1.807, 2.05) is 0 Å². The molecular formula is C9H7ClF2N4. The first-order chi connectivity index (χ1) is 7.55. The molecule has 0 unspecified atom stereocenters. The highest BCUT2D eigenvalue weighted by Gasteiger charge is 2.45. The number of hydrogen-bond donors (Lipinski definition) is 1. The molecule has 1 fully saturated rings. The van der Waals surface area contributed by atoms with Crippen LogP contribution in [0.1, 0.15) is 0 Å². The highest BCUT2D eigenvalue weighted by molar-refractivity contribution is 6.30. The van der Waals surface area contributed by atoms with Crippen molar-refractivity contribution in [2.45, 2.75) is 5.92 Å². The molecular weight excluding hydrogens is 238 g/mol. The molecule has 0 radical (unpaired) electrons. The molecule has 1 saturated heterocycles. The van der Waals surface area contributed by atoms with E-state index in [2.05, 4.69) is 15.2 Å². The number of alkyl halides is 2. The van der Waals surface area contributed by atoms with Gasteiger partial charge in [0.25, 0.3) is 5.92 Å². The third-order valence-corrected chi connectivity index (χ3v) is 2.74. The number of halogens is 3. The quantitative estimate of drug-likeness (QED) is 0.781. The van der Waals surface area contributed by atoms with Gasteiger partial charge in [0.15, 0.2) is 5.82 Å². The van der Waals surface area contributed by atoms with Crippen LogP contribution in [0.2, 0.25) is 5.15 Å². The Morgan fingerprint density at radius 2 is 2.19 bits per heavy atom. The van der Waals surface area contributed by atoms with Gasteiger partial charge in [-0.3, -0.25) is 5.10 Å². The van der Waals surface area contributed by atoms with E-state index >= 15 is 0 Å². The molecule has 3 heterocycles. The van der Waals surface area contributed by atoms with Crippen LogP contribution in [-0.2, 0) is 0 Å². The standard InChI is InChI=1S/C9H7ClF2N4/c10-7-1-6-5(2-13-7)8(15-14-6)16-3-9(11,12)4-16/h1-2H,3-4H2,(H,14,15). The number of rotatable bonds is 1. The van der Waals surface area contributed by atoms with Crippen molar-refractivity contribution >= 4 is 28.3 Å². The zero-order valence-electron chi connectivity index (χ0n) is 8.04. The Bertz CT molecular complexity index is 545. The summed E-state index contributed by atoms with van der Waals surface area (Å²) in [6.07, 6.45) is 1.53. The molecule has 0 spiro atoms. The molecule has 7 heteroatoms. The Morgan fingerprint density at radius 1 is 1.44 bits per heavy atom. The van der Waals surface area contributed by atoms with Gasteiger partial charge in [0.2, 0.25) is 0 Å². The zero-order valence-corrected chi connectivity index (χ0v) is 8.80. The fourth-order valence-electron chi connectivity index (χ4n) is 1.78. The van der Waals surface area contributed by atoms with Crippen LogP contribution in [-0.4, -0.2) is 34.2 Å². The summed E-state index contributed by atoms with van der Waals surface area (Å²) in [6, 6.07) is 1.62. The lowest BCUT2D eigenvalue weighted by molar-refractivity contribution is -0.0265. The summed E-state index contributed by atoms with van der Waals surface area (Å²) in [6.45, 7) is -0.592. The second-order valence-corrected chi connectivity index (χ2v) is 4.20. The van der Waals surface area contributed by atoms with Crippen molar-refractivity contribution in [3.8, 4) is 0 Å². The van der Waals surface area contributed by atoms with E-state index in [-0.39, 0.29) is 13.1 Å². The molecule has 1 N–H and O–H groups in total. The normalized spacial score (nSPS) is 18.8. The van der Waals surface area contributed by atoms with Gasteiger partial charge in [0.05, 0.1) is 24.0 Å². The summed E-state index contributed by atoms with van der Waals surface area (Å²) in [5, 5.41) is 7.79. The van der Waals surface area contributed by atoms with Crippen LogP contribution in [0, 0.1) is 0 Å². The highest BCUT2D eigenvalue weighted by atomic mass is 35.5. The van der Waals surface area contributed by atoms with E-state index in [4.69, 9.17) is 11.6 Å². The van der Waals surface area contributed by atoms with Gasteiger partial charge in [-0.05, 0) is 0 Å². The maximum absolute atomic E-state index is 12.7. The fraction of sp³-hybridized carbons (Fsp3) is 0.333. The van der Waals surface area contributed by atoms with Crippen molar-refractivity contribution in [3.63, 3.8) is 0 Å². The summed E-state index contributed by atoms with van der Waals surface area (Å²) in [5.74, 6) is -2.10. The number of aromatic amines is 1. The van der Waals surface area contributed by atoms with Gasteiger partial charge >= 0.3 is 0 Å². The van der Waals surface area contributed by atoms with E-state index in [9.17, 15) is 8.78 Å². The van der Waals surface area contributed by atoms with E-state index in [0.717, 1.165) is 0 Å². The molecule has 0 atom stereocenters. The Morgan fingerprint density at radius 3 is 2.88 bits per heavy atom. The Labute approximate surface area is 94.2 Å². The van der Waals surface area contributed by atoms with E-state index < -0.39 is 5.92 Å². The van der Waals surface area contributed by atoms with Crippen molar-refractivity contribution in [1.29, 1.82) is 0 Å². The molecule has 0 aliphatic carbocycles. The number of fused-ring (bicyclic) bond motifs is 1. The van der Waals surface area contributed by atoms with E-state index in [1.165, 1.54) is 11.1 Å². The van der Waals surface area contributed by atoms with Crippen molar-refractivity contribution < 1.29 is 8.78 Å². The topological polar surface area (TPSA) is 44.8 Å². The molecule has 0 bridgehead atoms. The Hall–Kier alpha value is -1.43. The smallest absolute Gasteiger partial charge is 0.282 e. The second kappa shape index (κ2) is 3.04. The fourth-order valence-corrected chi connectivity index (χ4v) is 1.93. The molecule has 0 amide bonds. The minimum absolute atomic E-state index is 0.296. The van der Waals surface area contributed by atoms with Crippen LogP contribution in [0.25, 0.3) is 10.9 Å². The van der Waals surface area contributed by atoms with Gasteiger partial charge in [0.1, 0.15) is 5.15 Å². The maximum atomic E-state index is 12.7. The number of anilines is 1. The largest absolute Gasteiger partial charge is 0.342 e. The van der Waals surface area contributed by atoms with Gasteiger partial charge < -0.3 is 4.90 Å². The number of aromatic nitrogens is 3. The number of nitrogens with one attached hydrogen (secondary N) is 1. The number of nitrogens with zero attached hydrogens (tertiary/aromatic N) is 3. The lowest BCUT2D eigenvalue weighted by Gasteiger charge is -2.38. The average molecular weight is 245 g/mol. The van der Waals surface area contributed by atoms with Crippen molar-refractivity contribution in [2.24, 2.45) is 0 Å². The summed E-state index contributed by atoms with van der Waals surface area (Å²) < 4.78 is 25.5. The minimum atomic E-state index is -2.61. The third-order valence-electron chi connectivity index (χ3n) is 2.54. The first-order valence-corrected chi connectivity index (χ1v) is 5.05. The molecule has 2 aromatic heterocycles. The molecule has 3 rings (SSSR count). The second-order valence-electron chi connectivity index (χ2n) is 3.81. The van der Waals surface area contributed by atoms with E-state index in [0.29, 0.717) is 21.9 Å². The molecule has 16 heavy (non-hydrogen) atoms. The molecule has 2 aromatic rings. The van der Waals surface area contributed by atoms with Crippen LogP contribution in [0.4, 0.5) is 14.6 Å². The van der Waals surface area contributed by atoms with Gasteiger partial charge in [0, 0.05) is 12.3 Å². The summed E-state index contributed by atoms with van der Waals surface area (Å²) in [7, 11) is 0. The summed E-state index contributed by atoms with van der Waals surface area (Å²) >= 11 is 5.71. The SMILES string of the molecule is FC1(F)CN(c2n[nH]c3cc(Cl)ncc23)C1. The van der Waals surface area contributed by atoms with Crippen LogP contribution < -0.4 is 4.90 Å². The predicted octanol–water partition coefficient (Wildman–Crippen LogP) is 2.07. The van der Waals surface area contributed by atoms with Crippen LogP contribution in [0.5, 0.6) is 0 Å². The monoisotopic (exact) mass is 244 g/mol. The van der Waals surface area contributed by atoms with Crippen molar-refractivity contribution in [3.05, 3.63) is 17.4 Å². The predicted molar refractivity (Wildman–Crippen MR) is 56.1 cm³/mol. The molecule has 0 aromatic carbocycles. The summed E-state index contributed by atoms with van der Waals surface area (Å²) in [5.41, 5.74) is 0.699. The van der Waals surface area contributed by atoms with Crippen LogP contribution in [0.15, 0.2) is 12.3 Å². The molecule has 1 aliphatic heterocycles. The summed E-state index contributed by atoms with van der Waals surface area (Å²) in [4.78, 5) is 5.42. The maximum Gasteiger partial charge on any atom is 0.282 e. The number of pyridine rings is 1.